The molecular weight excluding hydrogens is 257 g/mol. The summed E-state index contributed by atoms with van der Waals surface area (Å²) >= 11 is 0. The minimum absolute atomic E-state index is 0.425. The van der Waals surface area contributed by atoms with Crippen LogP contribution in [0.1, 0.15) is 37.8 Å². The van der Waals surface area contributed by atoms with Crippen LogP contribution >= 0.6 is 0 Å². The fourth-order valence-corrected chi connectivity index (χ4v) is 2.84. The number of ether oxygens (including phenoxy) is 2. The second kappa shape index (κ2) is 6.00. The Morgan fingerprint density at radius 2 is 1.90 bits per heavy atom. The minimum Gasteiger partial charge on any atom is -0.493 e. The van der Waals surface area contributed by atoms with E-state index < -0.39 is 5.67 Å². The Kier molecular flexibility index (Phi) is 4.53. The normalized spacial score (nSPS) is 19.1. The number of hydrogen-bond acceptors (Lipinski definition) is 3. The smallest absolute Gasteiger partial charge is 0.161 e. The average Bonchev–Trinajstić information content (AvgIpc) is 2.89. The SMILES string of the molecule is COc1cc(CC2CCCN2)c(C(C)(C)F)cc1OC. The lowest BCUT2D eigenvalue weighted by atomic mass is 9.90. The predicted octanol–water partition coefficient (Wildman–Crippen LogP) is 3.20. The van der Waals surface area contributed by atoms with Crippen LogP contribution in [0, 0.1) is 0 Å². The van der Waals surface area contributed by atoms with Gasteiger partial charge < -0.3 is 14.8 Å². The summed E-state index contributed by atoms with van der Waals surface area (Å²) < 4.78 is 25.1. The maximum absolute atomic E-state index is 14.5. The number of alkyl halides is 1. The van der Waals surface area contributed by atoms with Crippen molar-refractivity contribution < 1.29 is 13.9 Å². The summed E-state index contributed by atoms with van der Waals surface area (Å²) in [5.74, 6) is 1.24. The molecule has 1 N–H and O–H groups in total. The third-order valence-corrected chi connectivity index (χ3v) is 3.88. The molecule has 1 heterocycles. The van der Waals surface area contributed by atoms with E-state index in [4.69, 9.17) is 9.47 Å². The van der Waals surface area contributed by atoms with Crippen LogP contribution in [0.4, 0.5) is 4.39 Å². The van der Waals surface area contributed by atoms with E-state index >= 15 is 0 Å². The number of nitrogens with one attached hydrogen (secondary N) is 1. The Hall–Kier alpha value is -1.29. The molecule has 1 unspecified atom stereocenters. The van der Waals surface area contributed by atoms with Crippen molar-refractivity contribution in [3.63, 3.8) is 0 Å². The summed E-state index contributed by atoms with van der Waals surface area (Å²) in [4.78, 5) is 0. The van der Waals surface area contributed by atoms with E-state index in [-0.39, 0.29) is 0 Å². The van der Waals surface area contributed by atoms with Gasteiger partial charge in [0.25, 0.3) is 0 Å². The molecule has 112 valence electrons. The molecule has 1 atom stereocenters. The highest BCUT2D eigenvalue weighted by molar-refractivity contribution is 5.49. The van der Waals surface area contributed by atoms with Crippen LogP contribution in [0.15, 0.2) is 12.1 Å². The molecule has 1 fully saturated rings. The maximum atomic E-state index is 14.5. The van der Waals surface area contributed by atoms with Crippen molar-refractivity contribution in [2.24, 2.45) is 0 Å². The fourth-order valence-electron chi connectivity index (χ4n) is 2.84. The monoisotopic (exact) mass is 281 g/mol. The van der Waals surface area contributed by atoms with Crippen molar-refractivity contribution in [1.82, 2.24) is 5.32 Å². The lowest BCUT2D eigenvalue weighted by Gasteiger charge is -2.23. The zero-order valence-electron chi connectivity index (χ0n) is 12.8. The third-order valence-electron chi connectivity index (χ3n) is 3.88. The molecule has 0 saturated carbocycles. The van der Waals surface area contributed by atoms with Gasteiger partial charge in [-0.05, 0) is 62.9 Å². The number of hydrogen-bond donors (Lipinski definition) is 1. The Morgan fingerprint density at radius 1 is 1.25 bits per heavy atom. The number of rotatable bonds is 5. The molecule has 0 aliphatic carbocycles. The molecule has 0 radical (unpaired) electrons. The van der Waals surface area contributed by atoms with Crippen LogP contribution in [-0.2, 0) is 12.1 Å². The lowest BCUT2D eigenvalue weighted by molar-refractivity contribution is 0.218. The Morgan fingerprint density at radius 3 is 2.40 bits per heavy atom. The van der Waals surface area contributed by atoms with Gasteiger partial charge in [-0.3, -0.25) is 0 Å². The zero-order valence-corrected chi connectivity index (χ0v) is 12.8. The molecule has 4 heteroatoms. The fraction of sp³-hybridized carbons (Fsp3) is 0.625. The quantitative estimate of drug-likeness (QED) is 0.899. The predicted molar refractivity (Wildman–Crippen MR) is 78.4 cm³/mol. The van der Waals surface area contributed by atoms with Crippen molar-refractivity contribution in [1.29, 1.82) is 0 Å². The van der Waals surface area contributed by atoms with E-state index in [0.717, 1.165) is 24.9 Å². The zero-order chi connectivity index (χ0) is 14.8. The summed E-state index contributed by atoms with van der Waals surface area (Å²) in [6.45, 7) is 4.21. The second-order valence-corrected chi connectivity index (χ2v) is 5.83. The number of benzene rings is 1. The molecule has 1 saturated heterocycles. The number of methoxy groups -OCH3 is 2. The molecule has 3 nitrogen and oxygen atoms in total. The lowest BCUT2D eigenvalue weighted by Crippen LogP contribution is -2.25. The van der Waals surface area contributed by atoms with Gasteiger partial charge in [0.1, 0.15) is 5.67 Å². The molecule has 0 amide bonds. The summed E-state index contributed by atoms with van der Waals surface area (Å²) in [6, 6.07) is 4.10. The van der Waals surface area contributed by atoms with E-state index in [2.05, 4.69) is 5.32 Å². The average molecular weight is 281 g/mol. The Balaban J connectivity index is 2.40. The van der Waals surface area contributed by atoms with Gasteiger partial charge in [0.05, 0.1) is 14.2 Å². The molecular formula is C16H24FNO2. The van der Waals surface area contributed by atoms with Gasteiger partial charge in [-0.2, -0.15) is 0 Å². The first kappa shape index (κ1) is 15.1. The summed E-state index contributed by atoms with van der Waals surface area (Å²) in [5.41, 5.74) is 0.284. The van der Waals surface area contributed by atoms with Crippen LogP contribution in [0.3, 0.4) is 0 Å². The van der Waals surface area contributed by atoms with E-state index in [1.807, 2.05) is 6.07 Å². The van der Waals surface area contributed by atoms with Gasteiger partial charge in [0, 0.05) is 6.04 Å². The van der Waals surface area contributed by atoms with Crippen LogP contribution in [0.2, 0.25) is 0 Å². The van der Waals surface area contributed by atoms with Crippen molar-refractivity contribution in [3.8, 4) is 11.5 Å². The van der Waals surface area contributed by atoms with Gasteiger partial charge in [0.2, 0.25) is 0 Å². The van der Waals surface area contributed by atoms with E-state index in [9.17, 15) is 4.39 Å². The van der Waals surface area contributed by atoms with Gasteiger partial charge >= 0.3 is 0 Å². The maximum Gasteiger partial charge on any atom is 0.161 e. The van der Waals surface area contributed by atoms with Gasteiger partial charge in [-0.1, -0.05) is 0 Å². The highest BCUT2D eigenvalue weighted by Crippen LogP contribution is 2.37. The van der Waals surface area contributed by atoms with E-state index in [1.165, 1.54) is 6.42 Å². The highest BCUT2D eigenvalue weighted by Gasteiger charge is 2.27. The molecule has 2 rings (SSSR count). The second-order valence-electron chi connectivity index (χ2n) is 5.83. The number of halogens is 1. The molecule has 1 aromatic rings. The summed E-state index contributed by atoms with van der Waals surface area (Å²) in [6.07, 6.45) is 3.15. The van der Waals surface area contributed by atoms with E-state index in [0.29, 0.717) is 23.1 Å². The minimum atomic E-state index is -1.40. The first-order valence-electron chi connectivity index (χ1n) is 7.13. The van der Waals surface area contributed by atoms with Gasteiger partial charge in [-0.25, -0.2) is 4.39 Å². The molecule has 0 bridgehead atoms. The molecule has 0 aromatic heterocycles. The first-order valence-corrected chi connectivity index (χ1v) is 7.13. The molecule has 1 aromatic carbocycles. The Labute approximate surface area is 120 Å². The molecule has 1 aliphatic heterocycles. The summed E-state index contributed by atoms with van der Waals surface area (Å²) in [7, 11) is 3.18. The largest absolute Gasteiger partial charge is 0.493 e. The molecule has 1 aliphatic rings. The van der Waals surface area contributed by atoms with Crippen molar-refractivity contribution >= 4 is 0 Å². The van der Waals surface area contributed by atoms with Gasteiger partial charge in [0.15, 0.2) is 11.5 Å². The third kappa shape index (κ3) is 3.23. The van der Waals surface area contributed by atoms with Crippen LogP contribution in [0.5, 0.6) is 11.5 Å². The summed E-state index contributed by atoms with van der Waals surface area (Å²) in [5, 5.41) is 3.46. The Bertz CT molecular complexity index is 462. The van der Waals surface area contributed by atoms with Crippen molar-refractivity contribution in [3.05, 3.63) is 23.3 Å². The highest BCUT2D eigenvalue weighted by atomic mass is 19.1. The first-order chi connectivity index (χ1) is 9.45. The topological polar surface area (TPSA) is 30.5 Å². The molecule has 20 heavy (non-hydrogen) atoms. The molecule has 0 spiro atoms. The van der Waals surface area contributed by atoms with E-state index in [1.54, 1.807) is 34.1 Å². The van der Waals surface area contributed by atoms with Crippen LogP contribution < -0.4 is 14.8 Å². The standard InChI is InChI=1S/C16H24FNO2/c1-16(2,17)13-10-15(20-4)14(19-3)9-11(13)8-12-6-5-7-18-12/h9-10,12,18H,5-8H2,1-4H3. The van der Waals surface area contributed by atoms with Crippen LogP contribution in [0.25, 0.3) is 0 Å². The van der Waals surface area contributed by atoms with Crippen molar-refractivity contribution in [2.75, 3.05) is 20.8 Å². The van der Waals surface area contributed by atoms with Crippen LogP contribution in [-0.4, -0.2) is 26.8 Å². The van der Waals surface area contributed by atoms with Gasteiger partial charge in [-0.15, -0.1) is 0 Å². The van der Waals surface area contributed by atoms with Crippen molar-refractivity contribution in [2.45, 2.75) is 44.8 Å².